The minimum absolute atomic E-state index is 0.164. The van der Waals surface area contributed by atoms with Crippen molar-refractivity contribution in [2.45, 2.75) is 31.8 Å². The van der Waals surface area contributed by atoms with Crippen molar-refractivity contribution >= 4 is 21.8 Å². The number of ether oxygens (including phenoxy) is 2. The number of hydrogen-bond acceptors (Lipinski definition) is 5. The molecule has 0 aliphatic carbocycles. The number of amides is 1. The fourth-order valence-corrected chi connectivity index (χ4v) is 3.10. The van der Waals surface area contributed by atoms with Crippen LogP contribution >= 0.6 is 15.9 Å². The van der Waals surface area contributed by atoms with Crippen LogP contribution in [0.5, 0.6) is 11.5 Å². The van der Waals surface area contributed by atoms with Crippen molar-refractivity contribution in [1.29, 1.82) is 0 Å². The van der Waals surface area contributed by atoms with Gasteiger partial charge in [0.1, 0.15) is 6.04 Å². The third-order valence-corrected chi connectivity index (χ3v) is 4.13. The number of rotatable bonds is 5. The monoisotopic (exact) mass is 372 g/mol. The average Bonchev–Trinajstić information content (AvgIpc) is 2.48. The first kappa shape index (κ1) is 16.5. The zero-order chi connectivity index (χ0) is 16.3. The summed E-state index contributed by atoms with van der Waals surface area (Å²) in [6.07, 6.45) is 0.383. The fourth-order valence-electron chi connectivity index (χ4n) is 2.52. The normalized spacial score (nSPS) is 21.1. The van der Waals surface area contributed by atoms with E-state index in [1.54, 1.807) is 12.1 Å². The Morgan fingerprint density at radius 3 is 2.82 bits per heavy atom. The Bertz CT molecular complexity index is 593. The molecule has 1 amide bonds. The summed E-state index contributed by atoms with van der Waals surface area (Å²) >= 11 is 3.39. The molecular formula is C14H17BrN2O5. The van der Waals surface area contributed by atoms with Crippen LogP contribution in [0.1, 0.15) is 31.4 Å². The number of halogens is 1. The molecule has 1 aromatic carbocycles. The van der Waals surface area contributed by atoms with Crippen molar-refractivity contribution in [2.75, 3.05) is 13.7 Å². The van der Waals surface area contributed by atoms with Crippen LogP contribution in [0.2, 0.25) is 0 Å². The van der Waals surface area contributed by atoms with E-state index in [1.165, 1.54) is 7.11 Å². The van der Waals surface area contributed by atoms with E-state index in [4.69, 9.17) is 9.47 Å². The number of carbonyl (C=O) groups is 1. The molecule has 8 heteroatoms. The Morgan fingerprint density at radius 2 is 2.23 bits per heavy atom. The molecule has 1 aliphatic heterocycles. The van der Waals surface area contributed by atoms with E-state index in [1.807, 2.05) is 6.92 Å². The molecule has 1 aliphatic rings. The second kappa shape index (κ2) is 6.95. The molecule has 0 bridgehead atoms. The number of carbonyl (C=O) groups excluding carboxylic acids is 1. The third kappa shape index (κ3) is 3.32. The van der Waals surface area contributed by atoms with Gasteiger partial charge in [-0.15, -0.1) is 0 Å². The smallest absolute Gasteiger partial charge is 0.237 e. The van der Waals surface area contributed by atoms with Gasteiger partial charge in [-0.1, -0.05) is 0 Å². The number of hydrogen-bond donors (Lipinski definition) is 1. The fraction of sp³-hybridized carbons (Fsp3) is 0.500. The second-order valence-electron chi connectivity index (χ2n) is 4.90. The first-order valence-electron chi connectivity index (χ1n) is 6.91. The van der Waals surface area contributed by atoms with Gasteiger partial charge < -0.3 is 14.8 Å². The standard InChI is InChI=1S/C14H17BrN2O5/c1-3-22-14-9(15)6-8(7-11(14)21-2)13-10(17(19)20)4-5-12(18)16-13/h6-7,10,13H,3-5H2,1-2H3,(H,16,18)/t10-,13-/m0/s1. The molecule has 1 saturated heterocycles. The molecule has 1 aromatic rings. The molecule has 0 spiro atoms. The van der Waals surface area contributed by atoms with Crippen molar-refractivity contribution in [3.05, 3.63) is 32.3 Å². The maximum atomic E-state index is 11.6. The molecule has 0 radical (unpaired) electrons. The molecule has 0 saturated carbocycles. The van der Waals surface area contributed by atoms with E-state index in [9.17, 15) is 14.9 Å². The van der Waals surface area contributed by atoms with Gasteiger partial charge in [0.25, 0.3) is 0 Å². The minimum atomic E-state index is -0.854. The average molecular weight is 373 g/mol. The first-order chi connectivity index (χ1) is 10.5. The Kier molecular flexibility index (Phi) is 5.23. The molecule has 2 atom stereocenters. The van der Waals surface area contributed by atoms with Crippen molar-refractivity contribution in [3.8, 4) is 11.5 Å². The lowest BCUT2D eigenvalue weighted by molar-refractivity contribution is -0.529. The van der Waals surface area contributed by atoms with Crippen molar-refractivity contribution in [1.82, 2.24) is 5.32 Å². The van der Waals surface area contributed by atoms with Gasteiger partial charge in [-0.05, 0) is 40.5 Å². The van der Waals surface area contributed by atoms with Crippen LogP contribution in [-0.4, -0.2) is 30.6 Å². The predicted molar refractivity (Wildman–Crippen MR) is 82.8 cm³/mol. The number of methoxy groups -OCH3 is 1. The van der Waals surface area contributed by atoms with E-state index in [0.717, 1.165) is 0 Å². The topological polar surface area (TPSA) is 90.7 Å². The number of nitro groups is 1. The van der Waals surface area contributed by atoms with Gasteiger partial charge in [-0.25, -0.2) is 0 Å². The van der Waals surface area contributed by atoms with Crippen LogP contribution in [0.25, 0.3) is 0 Å². The van der Waals surface area contributed by atoms with Crippen molar-refractivity contribution in [3.63, 3.8) is 0 Å². The Balaban J connectivity index is 2.43. The van der Waals surface area contributed by atoms with Crippen molar-refractivity contribution in [2.24, 2.45) is 0 Å². The van der Waals surface area contributed by atoms with Gasteiger partial charge >= 0.3 is 0 Å². The Hall–Kier alpha value is -1.83. The lowest BCUT2D eigenvalue weighted by Gasteiger charge is -2.27. The molecule has 7 nitrogen and oxygen atoms in total. The van der Waals surface area contributed by atoms with E-state index >= 15 is 0 Å². The van der Waals surface area contributed by atoms with Gasteiger partial charge in [-0.3, -0.25) is 14.9 Å². The Morgan fingerprint density at radius 1 is 1.50 bits per heavy atom. The van der Waals surface area contributed by atoms with Gasteiger partial charge in [0.05, 0.1) is 18.2 Å². The maximum Gasteiger partial charge on any atom is 0.237 e. The number of nitrogens with zero attached hydrogens (tertiary/aromatic N) is 1. The molecule has 22 heavy (non-hydrogen) atoms. The third-order valence-electron chi connectivity index (χ3n) is 3.54. The highest BCUT2D eigenvalue weighted by atomic mass is 79.9. The quantitative estimate of drug-likeness (QED) is 0.633. The summed E-state index contributed by atoms with van der Waals surface area (Å²) in [5.74, 6) is 0.814. The number of nitrogens with one attached hydrogen (secondary N) is 1. The van der Waals surface area contributed by atoms with Crippen LogP contribution in [-0.2, 0) is 4.79 Å². The summed E-state index contributed by atoms with van der Waals surface area (Å²) in [5, 5.41) is 13.9. The predicted octanol–water partition coefficient (Wildman–Crippen LogP) is 2.45. The van der Waals surface area contributed by atoms with Gasteiger partial charge in [0.15, 0.2) is 11.5 Å². The van der Waals surface area contributed by atoms with E-state index in [0.29, 0.717) is 28.1 Å². The highest BCUT2D eigenvalue weighted by Gasteiger charge is 2.38. The molecule has 0 aromatic heterocycles. The highest BCUT2D eigenvalue weighted by Crippen LogP contribution is 2.39. The lowest BCUT2D eigenvalue weighted by Crippen LogP contribution is -2.45. The summed E-state index contributed by atoms with van der Waals surface area (Å²) < 4.78 is 11.4. The first-order valence-corrected chi connectivity index (χ1v) is 7.70. The molecule has 1 fully saturated rings. The van der Waals surface area contributed by atoms with E-state index in [2.05, 4.69) is 21.2 Å². The van der Waals surface area contributed by atoms with Crippen molar-refractivity contribution < 1.29 is 19.2 Å². The molecule has 1 N–H and O–H groups in total. The minimum Gasteiger partial charge on any atom is -0.493 e. The number of piperidine rings is 1. The molecule has 0 unspecified atom stereocenters. The lowest BCUT2D eigenvalue weighted by atomic mass is 9.92. The van der Waals surface area contributed by atoms with Crippen LogP contribution < -0.4 is 14.8 Å². The second-order valence-corrected chi connectivity index (χ2v) is 5.76. The van der Waals surface area contributed by atoms with E-state index < -0.39 is 12.1 Å². The summed E-state index contributed by atoms with van der Waals surface area (Å²) in [6, 6.07) is 1.85. The molecule has 1 heterocycles. The zero-order valence-electron chi connectivity index (χ0n) is 12.3. The molecular weight excluding hydrogens is 356 g/mol. The molecule has 2 rings (SSSR count). The van der Waals surface area contributed by atoms with Crippen LogP contribution in [0, 0.1) is 10.1 Å². The summed E-state index contributed by atoms with van der Waals surface area (Å²) in [7, 11) is 1.50. The largest absolute Gasteiger partial charge is 0.493 e. The van der Waals surface area contributed by atoms with Crippen LogP contribution in [0.15, 0.2) is 16.6 Å². The van der Waals surface area contributed by atoms with Crippen LogP contribution in [0.3, 0.4) is 0 Å². The van der Waals surface area contributed by atoms with Crippen LogP contribution in [0.4, 0.5) is 0 Å². The highest BCUT2D eigenvalue weighted by molar-refractivity contribution is 9.10. The summed E-state index contributed by atoms with van der Waals surface area (Å²) in [6.45, 7) is 2.32. The summed E-state index contributed by atoms with van der Waals surface area (Å²) in [4.78, 5) is 22.5. The maximum absolute atomic E-state index is 11.6. The van der Waals surface area contributed by atoms with Gasteiger partial charge in [0, 0.05) is 17.8 Å². The Labute approximate surface area is 136 Å². The number of benzene rings is 1. The summed E-state index contributed by atoms with van der Waals surface area (Å²) in [5.41, 5.74) is 0.613. The SMILES string of the molecule is CCOc1c(Br)cc([C@@H]2NC(=O)CC[C@@H]2[N+](=O)[O-])cc1OC. The molecule has 120 valence electrons. The van der Waals surface area contributed by atoms with E-state index in [-0.39, 0.29) is 23.7 Å². The van der Waals surface area contributed by atoms with Gasteiger partial charge in [-0.2, -0.15) is 0 Å². The zero-order valence-corrected chi connectivity index (χ0v) is 13.9. The van der Waals surface area contributed by atoms with Gasteiger partial charge in [0.2, 0.25) is 11.9 Å².